The lowest BCUT2D eigenvalue weighted by molar-refractivity contribution is 0.0714. The summed E-state index contributed by atoms with van der Waals surface area (Å²) in [6, 6.07) is 13.5. The van der Waals surface area contributed by atoms with Gasteiger partial charge in [-0.1, -0.05) is 42.3 Å². The Morgan fingerprint density at radius 2 is 1.97 bits per heavy atom. The van der Waals surface area contributed by atoms with Crippen molar-refractivity contribution in [3.63, 3.8) is 0 Å². The minimum atomic E-state index is -0.500. The summed E-state index contributed by atoms with van der Waals surface area (Å²) in [5, 5.41) is 18.3. The van der Waals surface area contributed by atoms with Crippen LogP contribution in [0.25, 0.3) is 22.2 Å². The molecule has 3 aromatic heterocycles. The molecular formula is C27H28N4O3. The van der Waals surface area contributed by atoms with E-state index >= 15 is 0 Å². The largest absolute Gasteiger partial charge is 0.391 e. The number of pyridine rings is 2. The molecule has 2 N–H and O–H groups in total. The first-order valence-corrected chi connectivity index (χ1v) is 11.8. The van der Waals surface area contributed by atoms with Gasteiger partial charge in [0.1, 0.15) is 11.5 Å². The molecule has 1 fully saturated rings. The van der Waals surface area contributed by atoms with Crippen LogP contribution in [0.1, 0.15) is 58.8 Å². The molecule has 1 saturated carbocycles. The summed E-state index contributed by atoms with van der Waals surface area (Å²) in [6.45, 7) is 3.79. The van der Waals surface area contributed by atoms with Crippen molar-refractivity contribution in [3.8, 4) is 11.3 Å². The van der Waals surface area contributed by atoms with E-state index in [2.05, 4.69) is 20.4 Å². The molecule has 3 heterocycles. The molecule has 0 radical (unpaired) electrons. The van der Waals surface area contributed by atoms with E-state index in [0.717, 1.165) is 70.4 Å². The molecule has 2 atom stereocenters. The highest BCUT2D eigenvalue weighted by Gasteiger charge is 2.25. The van der Waals surface area contributed by atoms with E-state index in [1.807, 2.05) is 62.5 Å². The molecule has 7 nitrogen and oxygen atoms in total. The van der Waals surface area contributed by atoms with Gasteiger partial charge in [-0.15, -0.1) is 0 Å². The van der Waals surface area contributed by atoms with Gasteiger partial charge in [-0.2, -0.15) is 0 Å². The molecule has 1 aliphatic carbocycles. The second-order valence-electron chi connectivity index (χ2n) is 9.04. The molecule has 0 bridgehead atoms. The number of aliphatic hydroxyl groups is 1. The van der Waals surface area contributed by atoms with Gasteiger partial charge < -0.3 is 14.9 Å². The molecule has 1 aromatic carbocycles. The number of fused-ring (bicyclic) bond motifs is 1. The van der Waals surface area contributed by atoms with Crippen LogP contribution >= 0.6 is 0 Å². The van der Waals surface area contributed by atoms with Gasteiger partial charge in [-0.05, 0) is 62.4 Å². The van der Waals surface area contributed by atoms with E-state index in [4.69, 9.17) is 4.52 Å². The maximum Gasteiger partial charge on any atom is 0.270 e. The first-order valence-electron chi connectivity index (χ1n) is 11.8. The highest BCUT2D eigenvalue weighted by Crippen LogP contribution is 2.27. The fourth-order valence-corrected chi connectivity index (χ4v) is 4.78. The van der Waals surface area contributed by atoms with Crippen LogP contribution in [-0.2, 0) is 6.42 Å². The van der Waals surface area contributed by atoms with Gasteiger partial charge in [0, 0.05) is 11.6 Å². The van der Waals surface area contributed by atoms with E-state index in [1.54, 1.807) is 0 Å². The third-order valence-corrected chi connectivity index (χ3v) is 6.59. The number of aromatic nitrogens is 3. The van der Waals surface area contributed by atoms with Crippen LogP contribution in [0.2, 0.25) is 0 Å². The van der Waals surface area contributed by atoms with Gasteiger partial charge in [-0.3, -0.25) is 9.78 Å². The predicted molar refractivity (Wildman–Crippen MR) is 129 cm³/mol. The quantitative estimate of drug-likeness (QED) is 0.458. The number of hydrogen-bond acceptors (Lipinski definition) is 6. The molecule has 2 unspecified atom stereocenters. The Bertz CT molecular complexity index is 1310. The van der Waals surface area contributed by atoms with Crippen molar-refractivity contribution in [2.75, 3.05) is 0 Å². The molecule has 0 aliphatic heterocycles. The first kappa shape index (κ1) is 22.2. The number of amides is 1. The summed E-state index contributed by atoms with van der Waals surface area (Å²) in [5.74, 6) is 0.501. The summed E-state index contributed by atoms with van der Waals surface area (Å²) < 4.78 is 5.27. The number of carbonyl (C=O) groups is 1. The third kappa shape index (κ3) is 4.43. The van der Waals surface area contributed by atoms with Gasteiger partial charge in [0.05, 0.1) is 34.6 Å². The van der Waals surface area contributed by atoms with Crippen molar-refractivity contribution in [2.45, 2.75) is 58.1 Å². The Morgan fingerprint density at radius 3 is 2.71 bits per heavy atom. The lowest BCUT2D eigenvalue weighted by Gasteiger charge is -2.28. The minimum Gasteiger partial charge on any atom is -0.391 e. The van der Waals surface area contributed by atoms with Crippen molar-refractivity contribution in [2.24, 2.45) is 0 Å². The van der Waals surface area contributed by atoms with Crippen molar-refractivity contribution in [1.82, 2.24) is 20.4 Å². The predicted octanol–water partition coefficient (Wildman–Crippen LogP) is 4.53. The molecular weight excluding hydrogens is 428 g/mol. The molecule has 174 valence electrons. The van der Waals surface area contributed by atoms with Crippen molar-refractivity contribution in [1.29, 1.82) is 0 Å². The van der Waals surface area contributed by atoms with Crippen LogP contribution in [0, 0.1) is 13.8 Å². The normalized spacial score (nSPS) is 18.2. The molecule has 5 rings (SSSR count). The van der Waals surface area contributed by atoms with Gasteiger partial charge in [0.2, 0.25) is 0 Å². The van der Waals surface area contributed by atoms with E-state index < -0.39 is 6.10 Å². The zero-order chi connectivity index (χ0) is 23.7. The van der Waals surface area contributed by atoms with Crippen LogP contribution < -0.4 is 5.32 Å². The Labute approximate surface area is 198 Å². The second-order valence-corrected chi connectivity index (χ2v) is 9.04. The van der Waals surface area contributed by atoms with E-state index in [-0.39, 0.29) is 11.9 Å². The number of nitrogens with zero attached hydrogens (tertiary/aromatic N) is 3. The summed E-state index contributed by atoms with van der Waals surface area (Å²) in [5.41, 5.74) is 5.74. The zero-order valence-corrected chi connectivity index (χ0v) is 19.4. The highest BCUT2D eigenvalue weighted by molar-refractivity contribution is 5.96. The summed E-state index contributed by atoms with van der Waals surface area (Å²) in [6.07, 6.45) is 5.48. The molecule has 7 heteroatoms. The summed E-state index contributed by atoms with van der Waals surface area (Å²) >= 11 is 0. The van der Waals surface area contributed by atoms with Gasteiger partial charge in [0.25, 0.3) is 5.91 Å². The molecule has 0 spiro atoms. The molecule has 34 heavy (non-hydrogen) atoms. The van der Waals surface area contributed by atoms with Crippen molar-refractivity contribution < 1.29 is 14.4 Å². The molecule has 4 aromatic rings. The van der Waals surface area contributed by atoms with Crippen LogP contribution in [-0.4, -0.2) is 38.3 Å². The Balaban J connectivity index is 1.43. The number of aryl methyl sites for hydroxylation is 2. The number of carbonyl (C=O) groups excluding carboxylic acids is 1. The van der Waals surface area contributed by atoms with Crippen LogP contribution in [0.5, 0.6) is 0 Å². The second kappa shape index (κ2) is 9.35. The Morgan fingerprint density at radius 1 is 1.15 bits per heavy atom. The number of nitrogens with one attached hydrogen (secondary N) is 1. The third-order valence-electron chi connectivity index (χ3n) is 6.59. The van der Waals surface area contributed by atoms with E-state index in [9.17, 15) is 9.90 Å². The Hall–Kier alpha value is -3.58. The lowest BCUT2D eigenvalue weighted by Crippen LogP contribution is -2.45. The smallest absolute Gasteiger partial charge is 0.270 e. The summed E-state index contributed by atoms with van der Waals surface area (Å²) in [7, 11) is 0. The number of benzene rings is 1. The standard InChI is InChI=1S/C27H28N4O3/c1-16-26(17(2)34-31-16)23-12-11-18(15-28-23)13-19-14-24(29-21-8-4-3-7-20(19)21)27(33)30-22-9-5-6-10-25(22)32/h3-4,7-8,11-12,14-15,22,25,32H,5-6,9-10,13H2,1-2H3,(H,30,33). The number of para-hydroxylation sites is 1. The average molecular weight is 457 g/mol. The van der Waals surface area contributed by atoms with Crippen molar-refractivity contribution in [3.05, 3.63) is 76.9 Å². The van der Waals surface area contributed by atoms with E-state index in [0.29, 0.717) is 12.1 Å². The minimum absolute atomic E-state index is 0.223. The topological polar surface area (TPSA) is 101 Å². The molecule has 1 aliphatic rings. The number of rotatable bonds is 5. The van der Waals surface area contributed by atoms with Crippen LogP contribution in [0.4, 0.5) is 0 Å². The maximum absolute atomic E-state index is 13.0. The van der Waals surface area contributed by atoms with Gasteiger partial charge in [-0.25, -0.2) is 4.98 Å². The van der Waals surface area contributed by atoms with Crippen LogP contribution in [0.3, 0.4) is 0 Å². The molecule has 1 amide bonds. The average Bonchev–Trinajstić information content (AvgIpc) is 3.18. The molecule has 0 saturated heterocycles. The summed E-state index contributed by atoms with van der Waals surface area (Å²) in [4.78, 5) is 22.3. The highest BCUT2D eigenvalue weighted by atomic mass is 16.5. The van der Waals surface area contributed by atoms with E-state index in [1.165, 1.54) is 0 Å². The monoisotopic (exact) mass is 456 g/mol. The SMILES string of the molecule is Cc1noc(C)c1-c1ccc(Cc2cc(C(=O)NC3CCCCC3O)nc3ccccc23)cn1. The zero-order valence-electron chi connectivity index (χ0n) is 19.4. The maximum atomic E-state index is 13.0. The van der Waals surface area contributed by atoms with Crippen LogP contribution in [0.15, 0.2) is 53.2 Å². The number of hydrogen-bond donors (Lipinski definition) is 2. The fraction of sp³-hybridized carbons (Fsp3) is 0.333. The first-order chi connectivity index (χ1) is 16.5. The fourth-order valence-electron chi connectivity index (χ4n) is 4.78. The van der Waals surface area contributed by atoms with Gasteiger partial charge >= 0.3 is 0 Å². The lowest BCUT2D eigenvalue weighted by atomic mass is 9.92. The van der Waals surface area contributed by atoms with Gasteiger partial charge in [0.15, 0.2) is 0 Å². The number of aliphatic hydroxyl groups excluding tert-OH is 1. The van der Waals surface area contributed by atoms with Crippen molar-refractivity contribution >= 4 is 16.8 Å². The Kier molecular flexibility index (Phi) is 6.11.